The van der Waals surface area contributed by atoms with Gasteiger partial charge in [0.15, 0.2) is 0 Å². The molecular formula is C15H21BrClN3O2. The highest BCUT2D eigenvalue weighted by molar-refractivity contribution is 9.10. The highest BCUT2D eigenvalue weighted by Gasteiger charge is 2.39. The third-order valence-corrected chi connectivity index (χ3v) is 4.31. The second-order valence-electron chi connectivity index (χ2n) is 5.86. The molecule has 2 rings (SSSR count). The van der Waals surface area contributed by atoms with Crippen LogP contribution >= 0.6 is 28.3 Å². The van der Waals surface area contributed by atoms with Crippen molar-refractivity contribution in [1.82, 2.24) is 5.32 Å². The molecule has 2 amide bonds. The molecule has 0 aromatic heterocycles. The summed E-state index contributed by atoms with van der Waals surface area (Å²) in [6.07, 6.45) is 0.520. The molecule has 0 saturated carbocycles. The van der Waals surface area contributed by atoms with Gasteiger partial charge in [-0.1, -0.05) is 12.1 Å². The second-order valence-corrected chi connectivity index (χ2v) is 6.71. The second kappa shape index (κ2) is 7.44. The Hall–Kier alpha value is -1.11. The third kappa shape index (κ3) is 4.00. The normalized spacial score (nSPS) is 18.1. The van der Waals surface area contributed by atoms with Crippen LogP contribution in [0, 0.1) is 5.92 Å². The lowest BCUT2D eigenvalue weighted by molar-refractivity contribution is -0.133. The fourth-order valence-corrected chi connectivity index (χ4v) is 2.80. The van der Waals surface area contributed by atoms with Crippen molar-refractivity contribution in [3.05, 3.63) is 28.7 Å². The van der Waals surface area contributed by atoms with Crippen LogP contribution in [-0.2, 0) is 9.59 Å². The van der Waals surface area contributed by atoms with Gasteiger partial charge in [0.05, 0.1) is 5.69 Å². The number of nitrogens with two attached hydrogens (primary N) is 1. The van der Waals surface area contributed by atoms with Gasteiger partial charge in [-0.25, -0.2) is 0 Å². The standard InChI is InChI=1S/C15H20BrN3O2.ClH/c1-15(2,9-17)18-13(20)10-7-8-19(14(10)21)12-6-4-3-5-11(12)16;/h3-6,10H,7-9,17H2,1-2H3,(H,18,20);1H. The number of para-hydroxylation sites is 1. The van der Waals surface area contributed by atoms with Crippen LogP contribution in [0.5, 0.6) is 0 Å². The van der Waals surface area contributed by atoms with Crippen molar-refractivity contribution in [2.45, 2.75) is 25.8 Å². The predicted molar refractivity (Wildman–Crippen MR) is 93.1 cm³/mol. The fourth-order valence-electron chi connectivity index (χ4n) is 2.30. The molecule has 5 nitrogen and oxygen atoms in total. The van der Waals surface area contributed by atoms with Crippen LogP contribution in [0.25, 0.3) is 0 Å². The van der Waals surface area contributed by atoms with E-state index in [0.29, 0.717) is 19.5 Å². The Balaban J connectivity index is 0.00000242. The minimum absolute atomic E-state index is 0. The Morgan fingerprint density at radius 2 is 2.09 bits per heavy atom. The summed E-state index contributed by atoms with van der Waals surface area (Å²) < 4.78 is 0.849. The molecule has 3 N–H and O–H groups in total. The van der Waals surface area contributed by atoms with Crippen LogP contribution < -0.4 is 16.0 Å². The van der Waals surface area contributed by atoms with Gasteiger partial charge >= 0.3 is 0 Å². The number of hydrogen-bond acceptors (Lipinski definition) is 3. The molecular weight excluding hydrogens is 370 g/mol. The molecule has 1 aromatic rings. The van der Waals surface area contributed by atoms with Crippen molar-refractivity contribution >= 4 is 45.8 Å². The van der Waals surface area contributed by atoms with Crippen molar-refractivity contribution in [2.75, 3.05) is 18.0 Å². The molecule has 0 aliphatic carbocycles. The minimum Gasteiger partial charge on any atom is -0.349 e. The van der Waals surface area contributed by atoms with Gasteiger partial charge in [-0.05, 0) is 48.3 Å². The molecule has 0 spiro atoms. The first-order valence-electron chi connectivity index (χ1n) is 6.94. The van der Waals surface area contributed by atoms with E-state index in [1.165, 1.54) is 0 Å². The van der Waals surface area contributed by atoms with Gasteiger partial charge in [0.2, 0.25) is 11.8 Å². The third-order valence-electron chi connectivity index (χ3n) is 3.64. The van der Waals surface area contributed by atoms with Crippen molar-refractivity contribution in [3.8, 4) is 0 Å². The number of halogens is 2. The van der Waals surface area contributed by atoms with Gasteiger partial charge in [-0.3, -0.25) is 9.59 Å². The summed E-state index contributed by atoms with van der Waals surface area (Å²) in [5.74, 6) is -1.04. The van der Waals surface area contributed by atoms with E-state index in [9.17, 15) is 9.59 Å². The topological polar surface area (TPSA) is 75.4 Å². The van der Waals surface area contributed by atoms with E-state index < -0.39 is 11.5 Å². The fraction of sp³-hybridized carbons (Fsp3) is 0.467. The molecule has 1 aromatic carbocycles. The van der Waals surface area contributed by atoms with Crippen LogP contribution in [-0.4, -0.2) is 30.4 Å². The largest absolute Gasteiger partial charge is 0.349 e. The van der Waals surface area contributed by atoms with E-state index in [1.807, 2.05) is 38.1 Å². The minimum atomic E-state index is -0.636. The molecule has 1 aliphatic heterocycles. The van der Waals surface area contributed by atoms with Gasteiger partial charge in [-0.2, -0.15) is 0 Å². The number of rotatable bonds is 4. The molecule has 7 heteroatoms. The Morgan fingerprint density at radius 3 is 2.68 bits per heavy atom. The Bertz CT molecular complexity index is 565. The van der Waals surface area contributed by atoms with E-state index in [0.717, 1.165) is 10.2 Å². The molecule has 1 fully saturated rings. The number of nitrogens with one attached hydrogen (secondary N) is 1. The number of nitrogens with zero attached hydrogens (tertiary/aromatic N) is 1. The average Bonchev–Trinajstić information content (AvgIpc) is 2.81. The van der Waals surface area contributed by atoms with Crippen molar-refractivity contribution in [1.29, 1.82) is 0 Å². The number of amides is 2. The Morgan fingerprint density at radius 1 is 1.45 bits per heavy atom. The number of hydrogen-bond donors (Lipinski definition) is 2. The van der Waals surface area contributed by atoms with Crippen LogP contribution in [0.1, 0.15) is 20.3 Å². The summed E-state index contributed by atoms with van der Waals surface area (Å²) in [5.41, 5.74) is 5.91. The maximum Gasteiger partial charge on any atom is 0.239 e. The maximum atomic E-state index is 12.5. The zero-order valence-electron chi connectivity index (χ0n) is 12.6. The van der Waals surface area contributed by atoms with E-state index in [2.05, 4.69) is 21.2 Å². The smallest absolute Gasteiger partial charge is 0.239 e. The highest BCUT2D eigenvalue weighted by Crippen LogP contribution is 2.31. The first-order valence-corrected chi connectivity index (χ1v) is 7.73. The lowest BCUT2D eigenvalue weighted by atomic mass is 10.0. The van der Waals surface area contributed by atoms with E-state index >= 15 is 0 Å². The van der Waals surface area contributed by atoms with Gasteiger partial charge in [0, 0.05) is 23.1 Å². The first-order chi connectivity index (χ1) is 9.85. The Labute approximate surface area is 145 Å². The summed E-state index contributed by atoms with van der Waals surface area (Å²) in [4.78, 5) is 26.4. The molecule has 1 unspecified atom stereocenters. The van der Waals surface area contributed by atoms with Crippen molar-refractivity contribution in [2.24, 2.45) is 11.7 Å². The predicted octanol–water partition coefficient (Wildman–Crippen LogP) is 2.08. The summed E-state index contributed by atoms with van der Waals surface area (Å²) in [6, 6.07) is 7.51. The van der Waals surface area contributed by atoms with Crippen LogP contribution in [0.4, 0.5) is 5.69 Å². The Kier molecular flexibility index (Phi) is 6.40. The zero-order chi connectivity index (χ0) is 15.6. The molecule has 1 atom stereocenters. The molecule has 0 radical (unpaired) electrons. The molecule has 122 valence electrons. The average molecular weight is 391 g/mol. The molecule has 1 heterocycles. The number of carbonyl (C=O) groups excluding carboxylic acids is 2. The lowest BCUT2D eigenvalue weighted by Gasteiger charge is -2.26. The van der Waals surface area contributed by atoms with Crippen LogP contribution in [0.15, 0.2) is 28.7 Å². The maximum absolute atomic E-state index is 12.5. The van der Waals surface area contributed by atoms with E-state index in [-0.39, 0.29) is 24.2 Å². The monoisotopic (exact) mass is 389 g/mol. The lowest BCUT2D eigenvalue weighted by Crippen LogP contribution is -2.51. The first kappa shape index (κ1) is 18.9. The molecule has 1 saturated heterocycles. The van der Waals surface area contributed by atoms with E-state index in [4.69, 9.17) is 5.73 Å². The van der Waals surface area contributed by atoms with Crippen LogP contribution in [0.2, 0.25) is 0 Å². The SMILES string of the molecule is CC(C)(CN)NC(=O)C1CCN(c2ccccc2Br)C1=O.Cl. The van der Waals surface area contributed by atoms with Crippen molar-refractivity contribution < 1.29 is 9.59 Å². The van der Waals surface area contributed by atoms with Gasteiger partial charge in [-0.15, -0.1) is 12.4 Å². The molecule has 1 aliphatic rings. The highest BCUT2D eigenvalue weighted by atomic mass is 79.9. The quantitative estimate of drug-likeness (QED) is 0.773. The molecule has 22 heavy (non-hydrogen) atoms. The van der Waals surface area contributed by atoms with Gasteiger partial charge < -0.3 is 16.0 Å². The van der Waals surface area contributed by atoms with Gasteiger partial charge in [0.1, 0.15) is 5.92 Å². The number of anilines is 1. The number of carbonyl (C=O) groups is 2. The van der Waals surface area contributed by atoms with Crippen molar-refractivity contribution in [3.63, 3.8) is 0 Å². The molecule has 0 bridgehead atoms. The van der Waals surface area contributed by atoms with E-state index in [1.54, 1.807) is 4.90 Å². The van der Waals surface area contributed by atoms with Gasteiger partial charge in [0.25, 0.3) is 0 Å². The summed E-state index contributed by atoms with van der Waals surface area (Å²) in [5, 5.41) is 2.84. The zero-order valence-corrected chi connectivity index (χ0v) is 15.0. The summed E-state index contributed by atoms with van der Waals surface area (Å²) >= 11 is 3.44. The summed E-state index contributed by atoms with van der Waals surface area (Å²) in [6.45, 7) is 4.56. The van der Waals surface area contributed by atoms with Crippen LogP contribution in [0.3, 0.4) is 0 Å². The number of benzene rings is 1. The summed E-state index contributed by atoms with van der Waals surface area (Å²) in [7, 11) is 0.